The molecule has 0 fully saturated rings. The number of rotatable bonds is 9. The zero-order valence-electron chi connectivity index (χ0n) is 9.74. The van der Waals surface area contributed by atoms with Crippen molar-refractivity contribution in [3.05, 3.63) is 12.2 Å². The Morgan fingerprint density at radius 2 is 1.81 bits per heavy atom. The second-order valence-electron chi connectivity index (χ2n) is 3.98. The maximum Gasteiger partial charge on any atom is 0.330 e. The number of hydrogen-bond acceptors (Lipinski definition) is 2. The van der Waals surface area contributed by atoms with Crippen LogP contribution in [-0.4, -0.2) is 22.2 Å². The minimum atomic E-state index is -1.04. The van der Waals surface area contributed by atoms with E-state index in [0.29, 0.717) is 12.8 Å². The molecule has 0 radical (unpaired) electrons. The van der Waals surface area contributed by atoms with Crippen molar-refractivity contribution in [2.45, 2.75) is 45.4 Å². The fourth-order valence-corrected chi connectivity index (χ4v) is 1.49. The van der Waals surface area contributed by atoms with Crippen molar-refractivity contribution in [1.29, 1.82) is 0 Å². The van der Waals surface area contributed by atoms with Crippen molar-refractivity contribution in [2.24, 2.45) is 5.92 Å². The average molecular weight is 228 g/mol. The number of carboxylic acids is 2. The van der Waals surface area contributed by atoms with E-state index >= 15 is 0 Å². The van der Waals surface area contributed by atoms with Gasteiger partial charge in [0.1, 0.15) is 0 Å². The largest absolute Gasteiger partial charge is 0.481 e. The molecule has 1 unspecified atom stereocenters. The van der Waals surface area contributed by atoms with Crippen molar-refractivity contribution in [1.82, 2.24) is 0 Å². The molecule has 1 atom stereocenters. The Labute approximate surface area is 96.0 Å². The van der Waals surface area contributed by atoms with E-state index in [2.05, 4.69) is 13.5 Å². The third-order valence-corrected chi connectivity index (χ3v) is 2.60. The van der Waals surface area contributed by atoms with Gasteiger partial charge >= 0.3 is 11.9 Å². The first-order valence-corrected chi connectivity index (χ1v) is 5.62. The molecule has 16 heavy (non-hydrogen) atoms. The quantitative estimate of drug-likeness (QED) is 0.470. The van der Waals surface area contributed by atoms with Crippen LogP contribution in [0, 0.1) is 5.92 Å². The van der Waals surface area contributed by atoms with E-state index in [1.807, 2.05) is 0 Å². The van der Waals surface area contributed by atoms with Gasteiger partial charge in [-0.25, -0.2) is 4.79 Å². The van der Waals surface area contributed by atoms with E-state index in [1.54, 1.807) is 0 Å². The molecule has 4 heteroatoms. The Bertz CT molecular complexity index is 258. The molecule has 0 amide bonds. The van der Waals surface area contributed by atoms with E-state index in [1.165, 1.54) is 0 Å². The molecule has 0 bridgehead atoms. The van der Waals surface area contributed by atoms with Gasteiger partial charge in [0.15, 0.2) is 0 Å². The second kappa shape index (κ2) is 7.91. The summed E-state index contributed by atoms with van der Waals surface area (Å²) in [7, 11) is 0. The zero-order chi connectivity index (χ0) is 12.6. The lowest BCUT2D eigenvalue weighted by atomic mass is 9.94. The molecule has 0 spiro atoms. The predicted molar refractivity (Wildman–Crippen MR) is 61.3 cm³/mol. The maximum absolute atomic E-state index is 10.9. The van der Waals surface area contributed by atoms with Crippen molar-refractivity contribution < 1.29 is 19.8 Å². The van der Waals surface area contributed by atoms with Crippen LogP contribution in [0.25, 0.3) is 0 Å². The highest BCUT2D eigenvalue weighted by atomic mass is 16.4. The molecular weight excluding hydrogens is 208 g/mol. The van der Waals surface area contributed by atoms with Gasteiger partial charge in [-0.15, -0.1) is 0 Å². The molecule has 0 aliphatic rings. The first-order valence-electron chi connectivity index (χ1n) is 5.62. The van der Waals surface area contributed by atoms with Gasteiger partial charge in [0.25, 0.3) is 0 Å². The Morgan fingerprint density at radius 3 is 2.25 bits per heavy atom. The van der Waals surface area contributed by atoms with E-state index < -0.39 is 17.9 Å². The average Bonchev–Trinajstić information content (AvgIpc) is 2.21. The van der Waals surface area contributed by atoms with Crippen LogP contribution in [0.15, 0.2) is 12.2 Å². The molecule has 92 valence electrons. The molecule has 0 rings (SSSR count). The summed E-state index contributed by atoms with van der Waals surface area (Å²) >= 11 is 0. The highest BCUT2D eigenvalue weighted by Gasteiger charge is 2.18. The van der Waals surface area contributed by atoms with Crippen molar-refractivity contribution in [3.8, 4) is 0 Å². The lowest BCUT2D eigenvalue weighted by Gasteiger charge is -2.11. The molecule has 0 aliphatic heterocycles. The van der Waals surface area contributed by atoms with Crippen LogP contribution in [0.1, 0.15) is 45.4 Å². The second-order valence-corrected chi connectivity index (χ2v) is 3.98. The summed E-state index contributed by atoms with van der Waals surface area (Å²) in [6.45, 7) is 5.45. The van der Waals surface area contributed by atoms with Crippen LogP contribution in [0.4, 0.5) is 0 Å². The number of aliphatic carboxylic acids is 2. The summed E-state index contributed by atoms with van der Waals surface area (Å²) in [6, 6.07) is 0. The lowest BCUT2D eigenvalue weighted by Crippen LogP contribution is -2.14. The van der Waals surface area contributed by atoms with Gasteiger partial charge in [-0.3, -0.25) is 4.79 Å². The van der Waals surface area contributed by atoms with Gasteiger partial charge in [0.2, 0.25) is 0 Å². The molecule has 0 aromatic carbocycles. The molecule has 0 aromatic heterocycles. The molecule has 0 saturated heterocycles. The van der Waals surface area contributed by atoms with Crippen LogP contribution < -0.4 is 0 Å². The molecule has 0 saturated carbocycles. The third-order valence-electron chi connectivity index (χ3n) is 2.60. The Morgan fingerprint density at radius 1 is 1.19 bits per heavy atom. The molecule has 0 aromatic rings. The molecule has 0 heterocycles. The summed E-state index contributed by atoms with van der Waals surface area (Å²) in [5.74, 6) is -2.32. The van der Waals surface area contributed by atoms with Crippen LogP contribution in [0.3, 0.4) is 0 Å². The normalized spacial score (nSPS) is 12.1. The van der Waals surface area contributed by atoms with Crippen molar-refractivity contribution in [2.75, 3.05) is 0 Å². The molecule has 4 nitrogen and oxygen atoms in total. The number of unbranched alkanes of at least 4 members (excludes halogenated alkanes) is 2. The third kappa shape index (κ3) is 6.22. The van der Waals surface area contributed by atoms with Crippen LogP contribution >= 0.6 is 0 Å². The predicted octanol–water partition coefficient (Wildman–Crippen LogP) is 2.69. The Balaban J connectivity index is 3.99. The maximum atomic E-state index is 10.9. The van der Waals surface area contributed by atoms with Crippen molar-refractivity contribution >= 4 is 11.9 Å². The molecule has 0 aliphatic carbocycles. The standard InChI is InChI=1S/C12H20O4/c1-3-4-5-6-10(12(15)16)8-7-9(2)11(13)14/h10H,2-8H2,1H3,(H,13,14)(H,15,16). The first-order chi connectivity index (χ1) is 7.49. The smallest absolute Gasteiger partial charge is 0.330 e. The van der Waals surface area contributed by atoms with Crippen molar-refractivity contribution in [3.63, 3.8) is 0 Å². The monoisotopic (exact) mass is 228 g/mol. The minimum absolute atomic E-state index is 0.0849. The Kier molecular flexibility index (Phi) is 7.25. The summed E-state index contributed by atoms with van der Waals surface area (Å²) < 4.78 is 0. The van der Waals surface area contributed by atoms with Crippen LogP contribution in [-0.2, 0) is 9.59 Å². The first kappa shape index (κ1) is 14.7. The summed E-state index contributed by atoms with van der Waals surface area (Å²) in [6.07, 6.45) is 4.18. The van der Waals surface area contributed by atoms with Crippen LogP contribution in [0.5, 0.6) is 0 Å². The minimum Gasteiger partial charge on any atom is -0.481 e. The van der Waals surface area contributed by atoms with E-state index in [4.69, 9.17) is 10.2 Å². The molecule has 2 N–H and O–H groups in total. The van der Waals surface area contributed by atoms with Gasteiger partial charge in [-0.1, -0.05) is 32.8 Å². The lowest BCUT2D eigenvalue weighted by molar-refractivity contribution is -0.142. The van der Waals surface area contributed by atoms with Gasteiger partial charge in [0.05, 0.1) is 5.92 Å². The summed E-state index contributed by atoms with van der Waals surface area (Å²) in [4.78, 5) is 21.4. The van der Waals surface area contributed by atoms with E-state index in [0.717, 1.165) is 19.3 Å². The van der Waals surface area contributed by atoms with E-state index in [-0.39, 0.29) is 12.0 Å². The van der Waals surface area contributed by atoms with Gasteiger partial charge in [-0.05, 0) is 19.3 Å². The van der Waals surface area contributed by atoms with Gasteiger partial charge in [-0.2, -0.15) is 0 Å². The van der Waals surface area contributed by atoms with E-state index in [9.17, 15) is 9.59 Å². The number of carboxylic acid groups (broad SMARTS) is 2. The zero-order valence-corrected chi connectivity index (χ0v) is 9.74. The van der Waals surface area contributed by atoms with Gasteiger partial charge in [0, 0.05) is 5.57 Å². The number of hydrogen-bond donors (Lipinski definition) is 2. The topological polar surface area (TPSA) is 74.6 Å². The summed E-state index contributed by atoms with van der Waals surface area (Å²) in [5, 5.41) is 17.5. The fraction of sp³-hybridized carbons (Fsp3) is 0.667. The highest BCUT2D eigenvalue weighted by molar-refractivity contribution is 5.85. The SMILES string of the molecule is C=C(CCC(CCCCC)C(=O)O)C(=O)O. The fourth-order valence-electron chi connectivity index (χ4n) is 1.49. The molecular formula is C12H20O4. The Hall–Kier alpha value is -1.32. The number of carbonyl (C=O) groups is 2. The highest BCUT2D eigenvalue weighted by Crippen LogP contribution is 2.18. The van der Waals surface area contributed by atoms with Crippen LogP contribution in [0.2, 0.25) is 0 Å². The summed E-state index contributed by atoms with van der Waals surface area (Å²) in [5.41, 5.74) is 0.0849. The van der Waals surface area contributed by atoms with Gasteiger partial charge < -0.3 is 10.2 Å².